The van der Waals surface area contributed by atoms with Crippen molar-refractivity contribution in [3.63, 3.8) is 0 Å². The van der Waals surface area contributed by atoms with Gasteiger partial charge >= 0.3 is 0 Å². The molecule has 3 rings (SSSR count). The van der Waals surface area contributed by atoms with Crippen LogP contribution in [0, 0.1) is 5.82 Å². The molecular weight excluding hydrogens is 313 g/mol. The third-order valence-electron chi connectivity index (χ3n) is 3.43. The van der Waals surface area contributed by atoms with E-state index in [-0.39, 0.29) is 11.3 Å². The Morgan fingerprint density at radius 3 is 2.71 bits per heavy atom. The van der Waals surface area contributed by atoms with Crippen molar-refractivity contribution in [1.82, 2.24) is 25.5 Å². The van der Waals surface area contributed by atoms with E-state index in [0.29, 0.717) is 18.7 Å². The molecule has 8 heteroatoms. The lowest BCUT2D eigenvalue weighted by Crippen LogP contribution is -2.27. The van der Waals surface area contributed by atoms with Gasteiger partial charge in [0, 0.05) is 6.54 Å². The lowest BCUT2D eigenvalue weighted by atomic mass is 10.1. The molecule has 0 bridgehead atoms. The van der Waals surface area contributed by atoms with Gasteiger partial charge in [0.1, 0.15) is 17.9 Å². The van der Waals surface area contributed by atoms with Crippen molar-refractivity contribution < 1.29 is 14.3 Å². The SMILES string of the molecule is O=C(NCCc1ccc(O)cc1)c1cc(F)ccc1-n1cnnn1. The van der Waals surface area contributed by atoms with Crippen molar-refractivity contribution in [3.05, 3.63) is 65.7 Å². The van der Waals surface area contributed by atoms with Crippen LogP contribution in [0.4, 0.5) is 4.39 Å². The van der Waals surface area contributed by atoms with Crippen LogP contribution in [0.1, 0.15) is 15.9 Å². The molecule has 7 nitrogen and oxygen atoms in total. The average molecular weight is 327 g/mol. The first-order valence-corrected chi connectivity index (χ1v) is 7.22. The first kappa shape index (κ1) is 15.6. The number of tetrazole rings is 1. The number of rotatable bonds is 5. The maximum Gasteiger partial charge on any atom is 0.253 e. The van der Waals surface area contributed by atoms with Gasteiger partial charge in [-0.1, -0.05) is 12.1 Å². The maximum absolute atomic E-state index is 13.5. The van der Waals surface area contributed by atoms with E-state index in [1.54, 1.807) is 24.3 Å². The Bertz CT molecular complexity index is 834. The number of carbonyl (C=O) groups is 1. The molecule has 0 fully saturated rings. The van der Waals surface area contributed by atoms with Crippen molar-refractivity contribution in [1.29, 1.82) is 0 Å². The second-order valence-electron chi connectivity index (χ2n) is 5.09. The molecule has 0 radical (unpaired) electrons. The number of nitrogens with one attached hydrogen (secondary N) is 1. The van der Waals surface area contributed by atoms with Gasteiger partial charge in [-0.3, -0.25) is 4.79 Å². The number of phenols is 1. The van der Waals surface area contributed by atoms with Gasteiger partial charge in [-0.25, -0.2) is 4.39 Å². The highest BCUT2D eigenvalue weighted by atomic mass is 19.1. The van der Waals surface area contributed by atoms with Crippen LogP contribution in [-0.4, -0.2) is 37.8 Å². The fourth-order valence-corrected chi connectivity index (χ4v) is 2.24. The van der Waals surface area contributed by atoms with Crippen molar-refractivity contribution in [2.45, 2.75) is 6.42 Å². The summed E-state index contributed by atoms with van der Waals surface area (Å²) in [5.74, 6) is -0.747. The Hall–Kier alpha value is -3.29. The van der Waals surface area contributed by atoms with Crippen LogP contribution in [0.25, 0.3) is 5.69 Å². The molecule has 0 spiro atoms. The Morgan fingerprint density at radius 1 is 1.21 bits per heavy atom. The van der Waals surface area contributed by atoms with E-state index in [0.717, 1.165) is 11.6 Å². The molecule has 2 aromatic carbocycles. The predicted octanol–water partition coefficient (Wildman–Crippen LogP) is 1.48. The number of nitrogens with zero attached hydrogens (tertiary/aromatic N) is 4. The highest BCUT2D eigenvalue weighted by molar-refractivity contribution is 5.97. The largest absolute Gasteiger partial charge is 0.508 e. The summed E-state index contributed by atoms with van der Waals surface area (Å²) in [5, 5.41) is 22.7. The fourth-order valence-electron chi connectivity index (χ4n) is 2.24. The van der Waals surface area contributed by atoms with Crippen LogP contribution in [-0.2, 0) is 6.42 Å². The van der Waals surface area contributed by atoms with E-state index >= 15 is 0 Å². The number of aromatic hydroxyl groups is 1. The molecule has 122 valence electrons. The minimum atomic E-state index is -0.518. The molecule has 1 heterocycles. The molecule has 0 atom stereocenters. The van der Waals surface area contributed by atoms with Gasteiger partial charge in [0.25, 0.3) is 5.91 Å². The Labute approximate surface area is 136 Å². The van der Waals surface area contributed by atoms with Gasteiger partial charge < -0.3 is 10.4 Å². The lowest BCUT2D eigenvalue weighted by molar-refractivity contribution is 0.0953. The first-order chi connectivity index (χ1) is 11.6. The molecule has 0 saturated carbocycles. The number of hydrogen-bond donors (Lipinski definition) is 2. The third-order valence-corrected chi connectivity index (χ3v) is 3.43. The molecule has 1 amide bonds. The van der Waals surface area contributed by atoms with Crippen LogP contribution in [0.5, 0.6) is 5.75 Å². The average Bonchev–Trinajstić information content (AvgIpc) is 3.11. The Balaban J connectivity index is 1.70. The zero-order valence-electron chi connectivity index (χ0n) is 12.6. The fraction of sp³-hybridized carbons (Fsp3) is 0.125. The predicted molar refractivity (Wildman–Crippen MR) is 83.3 cm³/mol. The molecule has 0 saturated heterocycles. The molecule has 0 unspecified atom stereocenters. The zero-order chi connectivity index (χ0) is 16.9. The van der Waals surface area contributed by atoms with Crippen LogP contribution in [0.3, 0.4) is 0 Å². The number of phenolic OH excluding ortho intramolecular Hbond substituents is 1. The number of aromatic nitrogens is 4. The van der Waals surface area contributed by atoms with Gasteiger partial charge in [0.15, 0.2) is 0 Å². The van der Waals surface area contributed by atoms with Crippen molar-refractivity contribution in [3.8, 4) is 11.4 Å². The normalized spacial score (nSPS) is 10.5. The number of amides is 1. The van der Waals surface area contributed by atoms with Gasteiger partial charge in [0.2, 0.25) is 0 Å². The summed E-state index contributed by atoms with van der Waals surface area (Å²) in [6, 6.07) is 10.5. The Kier molecular flexibility index (Phi) is 4.46. The molecular formula is C16H14FN5O2. The summed E-state index contributed by atoms with van der Waals surface area (Å²) < 4.78 is 14.8. The molecule has 0 aliphatic carbocycles. The minimum absolute atomic E-state index is 0.146. The summed E-state index contributed by atoms with van der Waals surface area (Å²) >= 11 is 0. The highest BCUT2D eigenvalue weighted by Crippen LogP contribution is 2.15. The quantitative estimate of drug-likeness (QED) is 0.740. The van der Waals surface area contributed by atoms with Crippen LogP contribution < -0.4 is 5.32 Å². The summed E-state index contributed by atoms with van der Waals surface area (Å²) in [6.07, 6.45) is 1.92. The summed E-state index contributed by atoms with van der Waals surface area (Å²) in [6.45, 7) is 0.370. The van der Waals surface area contributed by atoms with Crippen molar-refractivity contribution >= 4 is 5.91 Å². The van der Waals surface area contributed by atoms with Crippen LogP contribution in [0.15, 0.2) is 48.8 Å². The molecule has 0 aliphatic rings. The van der Waals surface area contributed by atoms with Crippen LogP contribution in [0.2, 0.25) is 0 Å². The van der Waals surface area contributed by atoms with E-state index in [1.165, 1.54) is 23.1 Å². The van der Waals surface area contributed by atoms with Crippen molar-refractivity contribution in [2.24, 2.45) is 0 Å². The highest BCUT2D eigenvalue weighted by Gasteiger charge is 2.14. The van der Waals surface area contributed by atoms with Gasteiger partial charge in [0.05, 0.1) is 11.3 Å². The molecule has 24 heavy (non-hydrogen) atoms. The molecule has 2 N–H and O–H groups in total. The van der Waals surface area contributed by atoms with Crippen molar-refractivity contribution in [2.75, 3.05) is 6.54 Å². The number of benzene rings is 2. The number of carbonyl (C=O) groups excluding carboxylic acids is 1. The monoisotopic (exact) mass is 327 g/mol. The molecule has 3 aromatic rings. The maximum atomic E-state index is 13.5. The van der Waals surface area contributed by atoms with E-state index in [9.17, 15) is 14.3 Å². The van der Waals surface area contributed by atoms with E-state index in [2.05, 4.69) is 20.8 Å². The van der Waals surface area contributed by atoms with Gasteiger partial charge in [-0.2, -0.15) is 4.68 Å². The van der Waals surface area contributed by atoms with Crippen LogP contribution >= 0.6 is 0 Å². The second kappa shape index (κ2) is 6.86. The van der Waals surface area contributed by atoms with Gasteiger partial charge in [-0.15, -0.1) is 5.10 Å². The first-order valence-electron chi connectivity index (χ1n) is 7.22. The number of halogens is 1. The summed E-state index contributed by atoms with van der Waals surface area (Å²) in [4.78, 5) is 12.4. The zero-order valence-corrected chi connectivity index (χ0v) is 12.6. The smallest absolute Gasteiger partial charge is 0.253 e. The Morgan fingerprint density at radius 2 is 2.00 bits per heavy atom. The minimum Gasteiger partial charge on any atom is -0.508 e. The van der Waals surface area contributed by atoms with Gasteiger partial charge in [-0.05, 0) is 52.7 Å². The lowest BCUT2D eigenvalue weighted by Gasteiger charge is -2.10. The molecule has 0 aliphatic heterocycles. The second-order valence-corrected chi connectivity index (χ2v) is 5.09. The van der Waals surface area contributed by atoms with E-state index in [1.807, 2.05) is 0 Å². The molecule has 1 aromatic heterocycles. The topological polar surface area (TPSA) is 92.9 Å². The van der Waals surface area contributed by atoms with E-state index < -0.39 is 11.7 Å². The van der Waals surface area contributed by atoms with E-state index in [4.69, 9.17) is 0 Å². The third kappa shape index (κ3) is 3.54. The number of hydrogen-bond acceptors (Lipinski definition) is 5. The summed E-state index contributed by atoms with van der Waals surface area (Å²) in [7, 11) is 0. The standard InChI is InChI=1S/C16H14FN5O2/c17-12-3-6-15(22-10-19-20-21-22)14(9-12)16(24)18-8-7-11-1-4-13(23)5-2-11/h1-6,9-10,23H,7-8H2,(H,18,24). The summed E-state index contributed by atoms with van der Waals surface area (Å²) in [5.41, 5.74) is 1.50.